The van der Waals surface area contributed by atoms with Gasteiger partial charge in [0.05, 0.1) is 16.6 Å². The van der Waals surface area contributed by atoms with E-state index in [0.29, 0.717) is 0 Å². The van der Waals surface area contributed by atoms with Gasteiger partial charge < -0.3 is 5.32 Å². The first-order chi connectivity index (χ1) is 23.3. The van der Waals surface area contributed by atoms with Crippen molar-refractivity contribution < 1.29 is 0 Å². The lowest BCUT2D eigenvalue weighted by Gasteiger charge is -2.22. The molecule has 0 bridgehead atoms. The highest BCUT2D eigenvalue weighted by atomic mass is 15.2. The van der Waals surface area contributed by atoms with Crippen molar-refractivity contribution >= 4 is 38.7 Å². The summed E-state index contributed by atoms with van der Waals surface area (Å²) in [5.74, 6) is 0. The first kappa shape index (κ1) is 27.1. The van der Waals surface area contributed by atoms with Crippen LogP contribution in [0, 0.1) is 0 Å². The molecule has 0 aliphatic carbocycles. The molecule has 0 radical (unpaired) electrons. The van der Waals surface area contributed by atoms with Gasteiger partial charge in [-0.2, -0.15) is 0 Å². The summed E-state index contributed by atoms with van der Waals surface area (Å²) >= 11 is 0. The Labute approximate surface area is 273 Å². The van der Waals surface area contributed by atoms with Crippen molar-refractivity contribution in [2.24, 2.45) is 0 Å². The molecule has 222 valence electrons. The minimum absolute atomic E-state index is 0.0898. The second-order valence-electron chi connectivity index (χ2n) is 12.0. The minimum Gasteiger partial charge on any atom is -0.367 e. The largest absolute Gasteiger partial charge is 0.367 e. The van der Waals surface area contributed by atoms with Gasteiger partial charge in [-0.15, -0.1) is 0 Å². The molecule has 0 saturated heterocycles. The fraction of sp³-hybridized carbons (Fsp3) is 0.0233. The molecule has 3 heterocycles. The Kier molecular flexibility index (Phi) is 6.50. The van der Waals surface area contributed by atoms with Crippen molar-refractivity contribution in [1.82, 2.24) is 19.9 Å². The molecule has 4 nitrogen and oxygen atoms in total. The summed E-state index contributed by atoms with van der Waals surface area (Å²) in [4.78, 5) is 10.5. The summed E-state index contributed by atoms with van der Waals surface area (Å²) in [6.45, 7) is 0. The second kappa shape index (κ2) is 11.3. The van der Waals surface area contributed by atoms with Crippen LogP contribution in [0.3, 0.4) is 0 Å². The van der Waals surface area contributed by atoms with Crippen LogP contribution in [0.4, 0.5) is 0 Å². The van der Waals surface area contributed by atoms with E-state index in [9.17, 15) is 0 Å². The highest BCUT2D eigenvalue weighted by Crippen LogP contribution is 2.36. The van der Waals surface area contributed by atoms with Gasteiger partial charge in [0.15, 0.2) is 5.65 Å². The van der Waals surface area contributed by atoms with E-state index < -0.39 is 0 Å². The molecule has 4 heteroatoms. The molecule has 1 aliphatic rings. The molecule has 1 N–H and O–H groups in total. The highest BCUT2D eigenvalue weighted by molar-refractivity contribution is 6.07. The Morgan fingerprint density at radius 2 is 1.09 bits per heavy atom. The highest BCUT2D eigenvalue weighted by Gasteiger charge is 2.21. The van der Waals surface area contributed by atoms with E-state index in [-0.39, 0.29) is 6.17 Å². The third-order valence-corrected chi connectivity index (χ3v) is 9.03. The number of hydrogen-bond acceptors (Lipinski definition) is 3. The normalized spacial score (nSPS) is 14.4. The Hall–Kier alpha value is -6.26. The maximum Gasteiger partial charge on any atom is 0.162 e. The molecular formula is C43H30N4. The number of nitrogens with zero attached hydrogens (tertiary/aromatic N) is 3. The van der Waals surface area contributed by atoms with E-state index in [1.165, 1.54) is 27.8 Å². The molecule has 1 unspecified atom stereocenters. The van der Waals surface area contributed by atoms with Crippen LogP contribution < -0.4 is 5.32 Å². The third kappa shape index (κ3) is 4.88. The molecule has 8 aromatic rings. The zero-order chi connectivity index (χ0) is 31.2. The number of fused-ring (bicyclic) bond motifs is 4. The monoisotopic (exact) mass is 602 g/mol. The first-order valence-corrected chi connectivity index (χ1v) is 16.0. The second-order valence-corrected chi connectivity index (χ2v) is 12.0. The Balaban J connectivity index is 1.16. The molecule has 0 saturated carbocycles. The topological polar surface area (TPSA) is 42.7 Å². The van der Waals surface area contributed by atoms with Crippen molar-refractivity contribution in [3.8, 4) is 33.4 Å². The van der Waals surface area contributed by atoms with Gasteiger partial charge >= 0.3 is 0 Å². The van der Waals surface area contributed by atoms with Gasteiger partial charge in [-0.3, -0.25) is 4.57 Å². The molecule has 0 amide bonds. The summed E-state index contributed by atoms with van der Waals surface area (Å²) < 4.78 is 2.26. The van der Waals surface area contributed by atoms with E-state index in [2.05, 4.69) is 174 Å². The zero-order valence-electron chi connectivity index (χ0n) is 25.6. The van der Waals surface area contributed by atoms with E-state index in [4.69, 9.17) is 9.97 Å². The third-order valence-electron chi connectivity index (χ3n) is 9.03. The zero-order valence-corrected chi connectivity index (χ0v) is 25.6. The van der Waals surface area contributed by atoms with Crippen molar-refractivity contribution in [1.29, 1.82) is 0 Å². The standard InChI is InChI=1S/C43H30N4/c1-4-12-29(13-5-1)33-21-23-41(44-28-33)47-40-19-11-10-18-37(40)42-43(47)46-38-22-20-32(27-39(38)45-42)36-25-34(30-14-6-2-7-15-30)24-35(26-36)31-16-8-3-9-17-31/h1-28,41,44H. The number of nitrogens with one attached hydrogen (secondary N) is 1. The predicted octanol–water partition coefficient (Wildman–Crippen LogP) is 10.4. The molecule has 9 rings (SSSR count). The summed E-state index contributed by atoms with van der Waals surface area (Å²) in [5, 5.41) is 4.71. The van der Waals surface area contributed by atoms with E-state index in [1.807, 2.05) is 6.07 Å². The lowest BCUT2D eigenvalue weighted by molar-refractivity contribution is 0.576. The number of aromatic nitrogens is 3. The number of benzene rings is 6. The lowest BCUT2D eigenvalue weighted by atomic mass is 9.93. The molecular weight excluding hydrogens is 573 g/mol. The van der Waals surface area contributed by atoms with Gasteiger partial charge in [-0.05, 0) is 87.0 Å². The van der Waals surface area contributed by atoms with Gasteiger partial charge in [-0.25, -0.2) is 9.97 Å². The number of hydrogen-bond donors (Lipinski definition) is 1. The predicted molar refractivity (Wildman–Crippen MR) is 195 cm³/mol. The fourth-order valence-electron chi connectivity index (χ4n) is 6.69. The average Bonchev–Trinajstić information content (AvgIpc) is 3.47. The van der Waals surface area contributed by atoms with E-state index in [1.54, 1.807) is 0 Å². The van der Waals surface area contributed by atoms with Crippen molar-refractivity contribution in [2.75, 3.05) is 0 Å². The van der Waals surface area contributed by atoms with Crippen LogP contribution >= 0.6 is 0 Å². The van der Waals surface area contributed by atoms with Gasteiger partial charge in [0, 0.05) is 11.6 Å². The Morgan fingerprint density at radius 1 is 0.489 bits per heavy atom. The molecule has 1 aliphatic heterocycles. The van der Waals surface area contributed by atoms with Crippen molar-refractivity contribution in [2.45, 2.75) is 6.17 Å². The van der Waals surface area contributed by atoms with Gasteiger partial charge in [0.1, 0.15) is 11.7 Å². The van der Waals surface area contributed by atoms with Crippen molar-refractivity contribution in [3.05, 3.63) is 176 Å². The quantitative estimate of drug-likeness (QED) is 0.213. The number of para-hydroxylation sites is 1. The molecule has 6 aromatic carbocycles. The van der Waals surface area contributed by atoms with Gasteiger partial charge in [-0.1, -0.05) is 121 Å². The Bertz CT molecular complexity index is 2420. The van der Waals surface area contributed by atoms with E-state index >= 15 is 0 Å². The number of dihydropyridines is 1. The maximum atomic E-state index is 5.28. The number of rotatable bonds is 5. The molecule has 1 atom stereocenters. The first-order valence-electron chi connectivity index (χ1n) is 16.0. The maximum absolute atomic E-state index is 5.28. The number of allylic oxidation sites excluding steroid dienone is 2. The van der Waals surface area contributed by atoms with Crippen LogP contribution in [0.25, 0.3) is 72.1 Å². The van der Waals surface area contributed by atoms with E-state index in [0.717, 1.165) is 49.8 Å². The van der Waals surface area contributed by atoms with Gasteiger partial charge in [0.25, 0.3) is 0 Å². The van der Waals surface area contributed by atoms with Crippen molar-refractivity contribution in [3.63, 3.8) is 0 Å². The lowest BCUT2D eigenvalue weighted by Crippen LogP contribution is -2.23. The van der Waals surface area contributed by atoms with Gasteiger partial charge in [0.2, 0.25) is 0 Å². The minimum atomic E-state index is -0.0898. The fourth-order valence-corrected chi connectivity index (χ4v) is 6.69. The van der Waals surface area contributed by atoms with Crippen LogP contribution in [0.2, 0.25) is 0 Å². The Morgan fingerprint density at radius 3 is 1.72 bits per heavy atom. The van der Waals surface area contributed by atoms with Crippen LogP contribution in [0.5, 0.6) is 0 Å². The van der Waals surface area contributed by atoms with Crippen LogP contribution in [0.15, 0.2) is 170 Å². The molecule has 47 heavy (non-hydrogen) atoms. The summed E-state index contributed by atoms with van der Waals surface area (Å²) in [5.41, 5.74) is 14.0. The summed E-state index contributed by atoms with van der Waals surface area (Å²) in [6, 6.07) is 53.3. The van der Waals surface area contributed by atoms with Crippen LogP contribution in [0.1, 0.15) is 11.7 Å². The molecule has 0 spiro atoms. The average molecular weight is 603 g/mol. The van der Waals surface area contributed by atoms with Crippen LogP contribution in [-0.4, -0.2) is 14.5 Å². The SMILES string of the molecule is C1=CC(n2c3ccccc3c3nc4cc(-c5cc(-c6ccccc6)cc(-c6ccccc6)c5)ccc4nc32)NC=C1c1ccccc1. The molecule has 2 aromatic heterocycles. The summed E-state index contributed by atoms with van der Waals surface area (Å²) in [6.07, 6.45) is 6.39. The smallest absolute Gasteiger partial charge is 0.162 e. The molecule has 0 fully saturated rings. The van der Waals surface area contributed by atoms with Crippen LogP contribution in [-0.2, 0) is 0 Å². The summed E-state index contributed by atoms with van der Waals surface area (Å²) in [7, 11) is 0.